The molecule has 0 radical (unpaired) electrons. The second kappa shape index (κ2) is 51.1. The quantitative estimate of drug-likeness (QED) is 0.0440. The Morgan fingerprint density at radius 2 is 0.629 bits per heavy atom. The van der Waals surface area contributed by atoms with Crippen molar-refractivity contribution in [3.63, 3.8) is 0 Å². The zero-order valence-corrected chi connectivity index (χ0v) is 53.8. The van der Waals surface area contributed by atoms with Crippen molar-refractivity contribution in [2.24, 2.45) is 5.92 Å². The fourth-order valence-corrected chi connectivity index (χ4v) is 5.33. The molecular formula is C24H54Na6O26S6. The molecule has 0 rings (SSSR count). The molecule has 38 heteroatoms. The zero-order valence-electron chi connectivity index (χ0n) is 36.9. The van der Waals surface area contributed by atoms with Gasteiger partial charge in [-0.1, -0.05) is 13.8 Å². The van der Waals surface area contributed by atoms with E-state index in [9.17, 15) is 77.8 Å². The Kier molecular flexibility index (Phi) is 79.5. The van der Waals surface area contributed by atoms with Crippen LogP contribution in [-0.4, -0.2) is 190 Å². The van der Waals surface area contributed by atoms with Crippen molar-refractivity contribution in [1.29, 1.82) is 0 Å². The monoisotopic (exact) mass is 1090 g/mol. The van der Waals surface area contributed by atoms with E-state index in [1.807, 2.05) is 0 Å². The maximum Gasteiger partial charge on any atom is 1.00 e. The first-order valence-corrected chi connectivity index (χ1v) is 24.4. The number of hydrogen-bond acceptors (Lipinski definition) is 26. The molecule has 7 atom stereocenters. The van der Waals surface area contributed by atoms with Gasteiger partial charge in [0.15, 0.2) is 0 Å². The average Bonchev–Trinajstić information content (AvgIpc) is 3.02. The summed E-state index contributed by atoms with van der Waals surface area (Å²) in [5.74, 6) is -0.484. The van der Waals surface area contributed by atoms with E-state index in [4.69, 9.17) is 40.9 Å². The van der Waals surface area contributed by atoms with E-state index >= 15 is 0 Å². The van der Waals surface area contributed by atoms with Gasteiger partial charge in [0, 0.05) is 63.0 Å². The Labute approximate surface area is 499 Å². The minimum Gasteiger partial charge on any atom is -0.748 e. The second-order valence-electron chi connectivity index (χ2n) is 10.9. The van der Waals surface area contributed by atoms with E-state index in [1.54, 1.807) is 6.92 Å². The molecule has 26 nitrogen and oxygen atoms in total. The summed E-state index contributed by atoms with van der Waals surface area (Å²) >= 11 is 0. The molecule has 8 N–H and O–H groups in total. The summed E-state index contributed by atoms with van der Waals surface area (Å²) in [6.07, 6.45) is -0.496. The molecule has 7 unspecified atom stereocenters. The molecule has 0 aromatic rings. The van der Waals surface area contributed by atoms with Crippen LogP contribution in [0.1, 0.15) is 73.1 Å². The Hall–Kier alpha value is 5.14. The standard InChI is InChI=1S/2C5H12O4S.2C4H10O4S.2C3H8O5S.6Na/c1-4(3-6)5(2)10(7,8)9;1-2-5(3-4-6)10(7,8)9;2*1-4(2-3-5)9(6,7)8;2*4-2-1-3(5)9(6,7)8;;;;;;/h4-6H,3H2,1-2H3,(H,7,8,9);5-6H,2-4H2,1H3,(H,7,8,9);2*4-5H,2-3H2,1H3,(H,6,7,8);2*3-5H,1-2H2,(H,6,7,8);;;;;;/q;;;;;;6*+1/p-6. The van der Waals surface area contributed by atoms with Crippen molar-refractivity contribution >= 4 is 60.7 Å². The summed E-state index contributed by atoms with van der Waals surface area (Å²) in [5.41, 5.74) is -3.94. The Balaban J connectivity index is -0.0000000475. The van der Waals surface area contributed by atoms with E-state index in [1.165, 1.54) is 27.7 Å². The number of aliphatic hydroxyl groups is 8. The summed E-state index contributed by atoms with van der Waals surface area (Å²) < 4.78 is 181. The van der Waals surface area contributed by atoms with Crippen LogP contribution in [-0.2, 0) is 60.7 Å². The predicted molar refractivity (Wildman–Crippen MR) is 187 cm³/mol. The first kappa shape index (κ1) is 96.6. The van der Waals surface area contributed by atoms with Crippen LogP contribution in [0.3, 0.4) is 0 Å². The van der Waals surface area contributed by atoms with Crippen molar-refractivity contribution < 1.29 is 296 Å². The van der Waals surface area contributed by atoms with Crippen LogP contribution in [0.15, 0.2) is 0 Å². The minimum atomic E-state index is -4.62. The molecule has 0 saturated carbocycles. The molecule has 0 bridgehead atoms. The van der Waals surface area contributed by atoms with Gasteiger partial charge in [0.25, 0.3) is 0 Å². The van der Waals surface area contributed by atoms with Crippen LogP contribution in [0.25, 0.3) is 0 Å². The van der Waals surface area contributed by atoms with E-state index in [2.05, 4.69) is 0 Å². The van der Waals surface area contributed by atoms with Gasteiger partial charge in [-0.05, 0) is 52.4 Å². The summed E-state index contributed by atoms with van der Waals surface area (Å²) in [5, 5.41) is 62.0. The topological polar surface area (TPSA) is 505 Å². The minimum absolute atomic E-state index is 0. The van der Waals surface area contributed by atoms with Gasteiger partial charge in [0.1, 0.15) is 31.1 Å². The third-order valence-corrected chi connectivity index (χ3v) is 13.3. The molecule has 0 aliphatic carbocycles. The van der Waals surface area contributed by atoms with Gasteiger partial charge in [-0.15, -0.1) is 0 Å². The van der Waals surface area contributed by atoms with Gasteiger partial charge in [-0.3, -0.25) is 0 Å². The fraction of sp³-hybridized carbons (Fsp3) is 1.00. The molecule has 348 valence electrons. The van der Waals surface area contributed by atoms with Gasteiger partial charge < -0.3 is 68.2 Å². The fourth-order valence-electron chi connectivity index (χ4n) is 2.29. The first-order chi connectivity index (χ1) is 24.8. The molecule has 0 heterocycles. The van der Waals surface area contributed by atoms with Crippen molar-refractivity contribution in [3.8, 4) is 0 Å². The van der Waals surface area contributed by atoms with Crippen LogP contribution in [0.2, 0.25) is 0 Å². The van der Waals surface area contributed by atoms with Crippen LogP contribution < -0.4 is 177 Å². The van der Waals surface area contributed by atoms with Crippen molar-refractivity contribution in [1.82, 2.24) is 0 Å². The smallest absolute Gasteiger partial charge is 0.748 e. The van der Waals surface area contributed by atoms with Gasteiger partial charge >= 0.3 is 177 Å². The van der Waals surface area contributed by atoms with E-state index in [0.717, 1.165) is 0 Å². The van der Waals surface area contributed by atoms with Gasteiger partial charge in [0.05, 0.1) is 51.0 Å². The Morgan fingerprint density at radius 1 is 0.387 bits per heavy atom. The van der Waals surface area contributed by atoms with Crippen molar-refractivity contribution in [2.75, 3.05) is 39.6 Å². The van der Waals surface area contributed by atoms with Gasteiger partial charge in [-0.2, -0.15) is 0 Å². The summed E-state index contributed by atoms with van der Waals surface area (Å²) in [4.78, 5) is 0. The van der Waals surface area contributed by atoms with Gasteiger partial charge in [0.2, 0.25) is 0 Å². The zero-order chi connectivity index (χ0) is 46.5. The second-order valence-corrected chi connectivity index (χ2v) is 21.0. The van der Waals surface area contributed by atoms with E-state index in [-0.39, 0.29) is 229 Å². The van der Waals surface area contributed by atoms with Crippen molar-refractivity contribution in [3.05, 3.63) is 0 Å². The summed E-state index contributed by atoms with van der Waals surface area (Å²) in [6.45, 7) is 4.90. The van der Waals surface area contributed by atoms with Crippen molar-refractivity contribution in [2.45, 2.75) is 105 Å². The van der Waals surface area contributed by atoms with Crippen LogP contribution in [0.4, 0.5) is 0 Å². The first-order valence-electron chi connectivity index (χ1n) is 15.5. The SMILES string of the molecule is CC(CCO)S(=O)(=O)[O-].CC(CCO)S(=O)(=O)[O-].CC(CO)C(C)S(=O)(=O)[O-].CCC(CCO)S(=O)(=O)[O-].O=S(=O)([O-])C(O)CCO.O=S(=O)([O-])C(O)CCO.[Na+].[Na+].[Na+].[Na+].[Na+].[Na+]. The van der Waals surface area contributed by atoms with E-state index in [0.29, 0.717) is 0 Å². The number of rotatable bonds is 19. The third kappa shape index (κ3) is 65.1. The molecular weight excluding hydrogens is 1030 g/mol. The molecule has 0 aromatic carbocycles. The number of hydrogen-bond donors (Lipinski definition) is 8. The van der Waals surface area contributed by atoms with Crippen LogP contribution >= 0.6 is 0 Å². The molecule has 0 fully saturated rings. The maximum absolute atomic E-state index is 10.3. The Bertz CT molecular complexity index is 1470. The molecule has 0 spiro atoms. The predicted octanol–water partition coefficient (Wildman–Crippen LogP) is -23.7. The van der Waals surface area contributed by atoms with E-state index < -0.39 is 125 Å². The third-order valence-electron chi connectivity index (χ3n) is 6.33. The Morgan fingerprint density at radius 3 is 0.694 bits per heavy atom. The average molecular weight is 1090 g/mol. The van der Waals surface area contributed by atoms with Crippen LogP contribution in [0.5, 0.6) is 0 Å². The van der Waals surface area contributed by atoms with Gasteiger partial charge in [-0.25, -0.2) is 50.5 Å². The molecule has 0 aromatic heterocycles. The molecule has 0 aliphatic heterocycles. The molecule has 0 aliphatic rings. The molecule has 0 amide bonds. The summed E-state index contributed by atoms with van der Waals surface area (Å²) in [6, 6.07) is 0. The summed E-state index contributed by atoms with van der Waals surface area (Å²) in [7, 11) is -26.0. The molecule has 0 saturated heterocycles. The van der Waals surface area contributed by atoms with Crippen LogP contribution in [0, 0.1) is 5.92 Å². The molecule has 62 heavy (non-hydrogen) atoms. The normalized spacial score (nSPS) is 14.4. The maximum atomic E-state index is 10.3. The largest absolute Gasteiger partial charge is 1.00 e. The number of aliphatic hydroxyl groups excluding tert-OH is 8.